The van der Waals surface area contributed by atoms with E-state index >= 15 is 0 Å². The number of ketones is 1. The minimum Gasteiger partial charge on any atom is -0.289 e. The number of hydrogen-bond acceptors (Lipinski definition) is 3. The fourth-order valence-corrected chi connectivity index (χ4v) is 3.52. The molecule has 2 aromatic carbocycles. The van der Waals surface area contributed by atoms with Gasteiger partial charge in [-0.05, 0) is 58.4 Å². The van der Waals surface area contributed by atoms with Crippen LogP contribution in [-0.2, 0) is 10.0 Å². The van der Waals surface area contributed by atoms with Crippen LogP contribution in [0.5, 0.6) is 0 Å². The molecule has 4 nitrogen and oxygen atoms in total. The third-order valence-corrected chi connectivity index (χ3v) is 4.38. The summed E-state index contributed by atoms with van der Waals surface area (Å²) >= 11 is 6.69. The number of anilines is 1. The van der Waals surface area contributed by atoms with Crippen molar-refractivity contribution < 1.29 is 13.2 Å². The van der Waals surface area contributed by atoms with E-state index in [9.17, 15) is 13.2 Å². The highest BCUT2D eigenvalue weighted by Gasteiger charge is 2.13. The van der Waals surface area contributed by atoms with Gasteiger partial charge in [-0.15, -0.1) is 0 Å². The topological polar surface area (TPSA) is 63.2 Å². The van der Waals surface area contributed by atoms with Gasteiger partial charge in [0.1, 0.15) is 0 Å². The third-order valence-electron chi connectivity index (χ3n) is 2.63. The summed E-state index contributed by atoms with van der Waals surface area (Å²) in [5.41, 5.74) is 1.45. The van der Waals surface area contributed by atoms with Crippen LogP contribution in [0.2, 0.25) is 0 Å². The van der Waals surface area contributed by atoms with Crippen LogP contribution in [0.3, 0.4) is 0 Å². The minimum atomic E-state index is -3.32. The van der Waals surface area contributed by atoms with Gasteiger partial charge in [0, 0.05) is 25.8 Å². The van der Waals surface area contributed by atoms with Crippen LogP contribution in [0, 0.1) is 0 Å². The summed E-state index contributed by atoms with van der Waals surface area (Å²) < 4.78 is 26.2. The first-order valence-corrected chi connectivity index (χ1v) is 9.31. The number of sulfonamides is 1. The van der Waals surface area contributed by atoms with E-state index in [2.05, 4.69) is 36.6 Å². The van der Waals surface area contributed by atoms with Crippen LogP contribution in [-0.4, -0.2) is 20.5 Å². The molecule has 0 aliphatic rings. The van der Waals surface area contributed by atoms with Gasteiger partial charge >= 0.3 is 0 Å². The number of halogens is 2. The highest BCUT2D eigenvalue weighted by atomic mass is 79.9. The van der Waals surface area contributed by atoms with E-state index in [1.54, 1.807) is 42.5 Å². The number of hydrogen-bond donors (Lipinski definition) is 1. The van der Waals surface area contributed by atoms with Crippen molar-refractivity contribution in [2.75, 3.05) is 11.0 Å². The summed E-state index contributed by atoms with van der Waals surface area (Å²) in [7, 11) is -3.32. The number of benzene rings is 2. The van der Waals surface area contributed by atoms with Crippen LogP contribution in [0.4, 0.5) is 5.69 Å². The third kappa shape index (κ3) is 4.39. The normalized spacial score (nSPS) is 11.2. The largest absolute Gasteiger partial charge is 0.289 e. The molecule has 0 aliphatic carbocycles. The van der Waals surface area contributed by atoms with Gasteiger partial charge in [0.05, 0.1) is 6.26 Å². The lowest BCUT2D eigenvalue weighted by atomic mass is 10.0. The molecule has 0 saturated heterocycles. The van der Waals surface area contributed by atoms with Gasteiger partial charge in [-0.2, -0.15) is 0 Å². The Hall–Kier alpha value is -1.18. The Bertz CT molecular complexity index is 786. The molecular weight excluding hydrogens is 422 g/mol. The molecule has 0 bridgehead atoms. The zero-order valence-electron chi connectivity index (χ0n) is 10.9. The Balaban J connectivity index is 2.28. The monoisotopic (exact) mass is 431 g/mol. The lowest BCUT2D eigenvalue weighted by Crippen LogP contribution is -2.09. The van der Waals surface area contributed by atoms with E-state index in [0.29, 0.717) is 21.3 Å². The van der Waals surface area contributed by atoms with E-state index in [4.69, 9.17) is 0 Å². The predicted octanol–water partition coefficient (Wildman–Crippen LogP) is 3.81. The Morgan fingerprint density at radius 1 is 1.05 bits per heavy atom. The molecule has 0 aliphatic heterocycles. The second-order valence-corrected chi connectivity index (χ2v) is 7.92. The van der Waals surface area contributed by atoms with Crippen molar-refractivity contribution in [1.29, 1.82) is 0 Å². The maximum atomic E-state index is 12.4. The Kier molecular flexibility index (Phi) is 4.85. The summed E-state index contributed by atoms with van der Waals surface area (Å²) in [5, 5.41) is 0. The van der Waals surface area contributed by atoms with Gasteiger partial charge in [0.15, 0.2) is 5.78 Å². The van der Waals surface area contributed by atoms with E-state index in [1.807, 2.05) is 0 Å². The zero-order valence-corrected chi connectivity index (χ0v) is 14.9. The highest BCUT2D eigenvalue weighted by molar-refractivity contribution is 9.11. The molecule has 2 aromatic rings. The Morgan fingerprint density at radius 2 is 1.67 bits per heavy atom. The second kappa shape index (κ2) is 6.29. The number of carbonyl (C=O) groups excluding carboxylic acids is 1. The number of rotatable bonds is 4. The summed E-state index contributed by atoms with van der Waals surface area (Å²) in [6.45, 7) is 0. The van der Waals surface area contributed by atoms with Gasteiger partial charge in [-0.3, -0.25) is 9.52 Å². The lowest BCUT2D eigenvalue weighted by molar-refractivity contribution is 0.103. The number of carbonyl (C=O) groups is 1. The molecule has 0 fully saturated rings. The molecule has 0 unspecified atom stereocenters. The van der Waals surface area contributed by atoms with Crippen molar-refractivity contribution in [3.05, 3.63) is 62.5 Å². The molecule has 0 amide bonds. The Labute approximate surface area is 139 Å². The van der Waals surface area contributed by atoms with Gasteiger partial charge < -0.3 is 0 Å². The van der Waals surface area contributed by atoms with Gasteiger partial charge in [-0.1, -0.05) is 15.9 Å². The molecule has 2 rings (SSSR count). The van der Waals surface area contributed by atoms with Crippen LogP contribution >= 0.6 is 31.9 Å². The van der Waals surface area contributed by atoms with E-state index in [0.717, 1.165) is 10.7 Å². The highest BCUT2D eigenvalue weighted by Crippen LogP contribution is 2.24. The molecule has 0 aromatic heterocycles. The van der Waals surface area contributed by atoms with Crippen molar-refractivity contribution in [2.24, 2.45) is 0 Å². The molecule has 110 valence electrons. The minimum absolute atomic E-state index is 0.139. The maximum Gasteiger partial charge on any atom is 0.229 e. The van der Waals surface area contributed by atoms with Gasteiger partial charge in [0.25, 0.3) is 0 Å². The van der Waals surface area contributed by atoms with Crippen molar-refractivity contribution in [3.8, 4) is 0 Å². The van der Waals surface area contributed by atoms with Gasteiger partial charge in [0.2, 0.25) is 10.0 Å². The fraction of sp³-hybridized carbons (Fsp3) is 0.0714. The summed E-state index contributed by atoms with van der Waals surface area (Å²) in [6.07, 6.45) is 1.07. The summed E-state index contributed by atoms with van der Waals surface area (Å²) in [6, 6.07) is 11.6. The van der Waals surface area contributed by atoms with Crippen molar-refractivity contribution >= 4 is 53.4 Å². The predicted molar refractivity (Wildman–Crippen MR) is 90.2 cm³/mol. The molecule has 0 heterocycles. The van der Waals surface area contributed by atoms with Crippen LogP contribution in [0.15, 0.2) is 51.4 Å². The Morgan fingerprint density at radius 3 is 2.19 bits per heavy atom. The van der Waals surface area contributed by atoms with Crippen LogP contribution in [0.1, 0.15) is 15.9 Å². The standard InChI is InChI=1S/C14H11Br2NO3S/c1-21(19,20)17-11-5-2-9(3-6-11)14(18)12-7-4-10(15)8-13(12)16/h2-8,17H,1H3. The SMILES string of the molecule is CS(=O)(=O)Nc1ccc(C(=O)c2ccc(Br)cc2Br)cc1. The maximum absolute atomic E-state index is 12.4. The smallest absolute Gasteiger partial charge is 0.229 e. The summed E-state index contributed by atoms with van der Waals surface area (Å²) in [5.74, 6) is -0.139. The first-order valence-electron chi connectivity index (χ1n) is 5.84. The van der Waals surface area contributed by atoms with Crippen LogP contribution < -0.4 is 4.72 Å². The molecular formula is C14H11Br2NO3S. The zero-order chi connectivity index (χ0) is 15.6. The first kappa shape index (κ1) is 16.2. The molecule has 7 heteroatoms. The van der Waals surface area contributed by atoms with E-state index in [1.165, 1.54) is 0 Å². The number of nitrogens with one attached hydrogen (secondary N) is 1. The summed E-state index contributed by atoms with van der Waals surface area (Å²) in [4.78, 5) is 12.4. The molecule has 1 N–H and O–H groups in total. The molecule has 21 heavy (non-hydrogen) atoms. The average Bonchev–Trinajstić information content (AvgIpc) is 2.37. The molecule has 0 atom stereocenters. The quantitative estimate of drug-likeness (QED) is 0.747. The van der Waals surface area contributed by atoms with Gasteiger partial charge in [-0.25, -0.2) is 8.42 Å². The molecule has 0 radical (unpaired) electrons. The van der Waals surface area contributed by atoms with Crippen molar-refractivity contribution in [1.82, 2.24) is 0 Å². The van der Waals surface area contributed by atoms with Crippen LogP contribution in [0.25, 0.3) is 0 Å². The molecule has 0 spiro atoms. The van der Waals surface area contributed by atoms with Crippen molar-refractivity contribution in [2.45, 2.75) is 0 Å². The van der Waals surface area contributed by atoms with E-state index in [-0.39, 0.29) is 5.78 Å². The van der Waals surface area contributed by atoms with E-state index < -0.39 is 10.0 Å². The average molecular weight is 433 g/mol. The van der Waals surface area contributed by atoms with Crippen molar-refractivity contribution in [3.63, 3.8) is 0 Å². The second-order valence-electron chi connectivity index (χ2n) is 4.40. The first-order chi connectivity index (χ1) is 9.76. The fourth-order valence-electron chi connectivity index (χ4n) is 1.73. The lowest BCUT2D eigenvalue weighted by Gasteiger charge is -2.07. The molecule has 0 saturated carbocycles.